The van der Waals surface area contributed by atoms with E-state index in [1.54, 1.807) is 17.0 Å². The van der Waals surface area contributed by atoms with Crippen LogP contribution in [-0.4, -0.2) is 52.0 Å². The number of sulfonamides is 1. The van der Waals surface area contributed by atoms with Crippen LogP contribution in [0, 0.1) is 6.92 Å². The molecule has 5 rings (SSSR count). The maximum absolute atomic E-state index is 13.2. The Morgan fingerprint density at radius 3 is 2.26 bits per heavy atom. The van der Waals surface area contributed by atoms with Gasteiger partial charge in [0.25, 0.3) is 5.91 Å². The summed E-state index contributed by atoms with van der Waals surface area (Å²) in [5, 5.41) is 4.89. The number of rotatable bonds is 5. The molecule has 0 fully saturated rings. The van der Waals surface area contributed by atoms with Crippen LogP contribution in [0.3, 0.4) is 0 Å². The lowest BCUT2D eigenvalue weighted by Crippen LogP contribution is -2.27. The number of para-hydroxylation sites is 1. The number of nitrogens with zero attached hydrogens (tertiary/aromatic N) is 5. The van der Waals surface area contributed by atoms with Gasteiger partial charge >= 0.3 is 0 Å². The van der Waals surface area contributed by atoms with E-state index in [0.717, 1.165) is 32.6 Å². The van der Waals surface area contributed by atoms with Gasteiger partial charge in [-0.25, -0.2) is 17.4 Å². The molecule has 9 heteroatoms. The maximum Gasteiger partial charge on any atom is 0.254 e. The molecule has 1 aliphatic rings. The van der Waals surface area contributed by atoms with E-state index in [1.807, 2.05) is 52.0 Å². The molecule has 0 aliphatic carbocycles. The number of hydrogen-bond acceptors (Lipinski definition) is 4. The third-order valence-corrected chi connectivity index (χ3v) is 7.92. The highest BCUT2D eigenvalue weighted by Gasteiger charge is 2.32. The monoisotopic (exact) mass is 475 g/mol. The number of carbonyl (C=O) groups is 1. The first-order valence-corrected chi connectivity index (χ1v) is 12.3. The second-order valence-electron chi connectivity index (χ2n) is 8.51. The van der Waals surface area contributed by atoms with Gasteiger partial charge in [0.2, 0.25) is 10.0 Å². The quantitative estimate of drug-likeness (QED) is 0.443. The molecule has 0 radical (unpaired) electrons. The molecule has 1 amide bonds. The molecule has 0 unspecified atom stereocenters. The molecule has 1 aliphatic heterocycles. The van der Waals surface area contributed by atoms with Gasteiger partial charge < -0.3 is 9.47 Å². The Morgan fingerprint density at radius 1 is 0.941 bits per heavy atom. The fourth-order valence-corrected chi connectivity index (χ4v) is 5.12. The van der Waals surface area contributed by atoms with Crippen LogP contribution in [0.25, 0.3) is 11.5 Å². The Balaban J connectivity index is 1.47. The summed E-state index contributed by atoms with van der Waals surface area (Å²) < 4.78 is 29.8. The standard InChI is InChI=1S/C25H25N5O3S/c1-18-8-4-5-9-23(18)30-24(28-14-6-7-15-28)21-16-29(17-22(21)26-30)25(31)19-10-12-20(13-11-19)34(32,33)27(2)3/h4-15H,16-17H2,1-3H3. The summed E-state index contributed by atoms with van der Waals surface area (Å²) in [7, 11) is -0.585. The number of hydrogen-bond donors (Lipinski definition) is 0. The van der Waals surface area contributed by atoms with Crippen molar-refractivity contribution in [1.29, 1.82) is 0 Å². The zero-order valence-electron chi connectivity index (χ0n) is 19.2. The lowest BCUT2D eigenvalue weighted by molar-refractivity contribution is 0.0749. The highest BCUT2D eigenvalue weighted by molar-refractivity contribution is 7.89. The van der Waals surface area contributed by atoms with Gasteiger partial charge in [-0.2, -0.15) is 5.10 Å². The third kappa shape index (κ3) is 3.63. The summed E-state index contributed by atoms with van der Waals surface area (Å²) in [5.41, 5.74) is 4.40. The Bertz CT molecular complexity index is 1470. The Hall–Kier alpha value is -3.69. The predicted molar refractivity (Wildman–Crippen MR) is 129 cm³/mol. The molecular weight excluding hydrogens is 450 g/mol. The van der Waals surface area contributed by atoms with E-state index in [0.29, 0.717) is 18.7 Å². The van der Waals surface area contributed by atoms with Crippen molar-refractivity contribution in [2.24, 2.45) is 0 Å². The molecule has 0 N–H and O–H groups in total. The zero-order chi connectivity index (χ0) is 24.0. The van der Waals surface area contributed by atoms with Crippen molar-refractivity contribution in [2.45, 2.75) is 24.9 Å². The van der Waals surface area contributed by atoms with Crippen LogP contribution < -0.4 is 0 Å². The Labute approximate surface area is 198 Å². The fourth-order valence-electron chi connectivity index (χ4n) is 4.22. The van der Waals surface area contributed by atoms with Gasteiger partial charge in [0.1, 0.15) is 5.82 Å². The molecule has 2 aromatic carbocycles. The number of aryl methyl sites for hydroxylation is 1. The first-order valence-electron chi connectivity index (χ1n) is 10.9. The predicted octanol–water partition coefficient (Wildman–Crippen LogP) is 3.38. The summed E-state index contributed by atoms with van der Waals surface area (Å²) in [6.45, 7) is 2.86. The normalized spacial score (nSPS) is 13.5. The van der Waals surface area contributed by atoms with Crippen LogP contribution in [-0.2, 0) is 23.1 Å². The Morgan fingerprint density at radius 2 is 1.62 bits per heavy atom. The minimum absolute atomic E-state index is 0.156. The first-order chi connectivity index (χ1) is 16.3. The van der Waals surface area contributed by atoms with Crippen molar-refractivity contribution in [3.05, 3.63) is 95.4 Å². The van der Waals surface area contributed by atoms with Crippen LogP contribution in [0.4, 0.5) is 0 Å². The average molecular weight is 476 g/mol. The topological polar surface area (TPSA) is 80.4 Å². The summed E-state index contributed by atoms with van der Waals surface area (Å²) in [5.74, 6) is 0.754. The molecule has 174 valence electrons. The van der Waals surface area contributed by atoms with Crippen molar-refractivity contribution in [2.75, 3.05) is 14.1 Å². The minimum Gasteiger partial charge on any atom is -0.328 e. The van der Waals surface area contributed by atoms with Gasteiger partial charge in [0.15, 0.2) is 0 Å². The van der Waals surface area contributed by atoms with E-state index >= 15 is 0 Å². The average Bonchev–Trinajstić information content (AvgIpc) is 3.55. The van der Waals surface area contributed by atoms with Crippen molar-refractivity contribution in [3.63, 3.8) is 0 Å². The highest BCUT2D eigenvalue weighted by atomic mass is 32.2. The molecule has 4 aromatic rings. The number of amides is 1. The van der Waals surface area contributed by atoms with Gasteiger partial charge in [-0.05, 0) is 55.0 Å². The molecule has 2 aromatic heterocycles. The fraction of sp³-hybridized carbons (Fsp3) is 0.200. The lowest BCUT2D eigenvalue weighted by Gasteiger charge is -2.18. The second-order valence-corrected chi connectivity index (χ2v) is 10.7. The van der Waals surface area contributed by atoms with Crippen LogP contribution in [0.5, 0.6) is 0 Å². The van der Waals surface area contributed by atoms with E-state index in [9.17, 15) is 13.2 Å². The van der Waals surface area contributed by atoms with E-state index in [4.69, 9.17) is 5.10 Å². The molecule has 0 bridgehead atoms. The van der Waals surface area contributed by atoms with Crippen LogP contribution in [0.1, 0.15) is 27.2 Å². The smallest absolute Gasteiger partial charge is 0.254 e. The lowest BCUT2D eigenvalue weighted by atomic mass is 10.2. The van der Waals surface area contributed by atoms with Gasteiger partial charge in [-0.15, -0.1) is 0 Å². The first kappa shape index (κ1) is 22.1. The number of carbonyl (C=O) groups excluding carboxylic acids is 1. The van der Waals surface area contributed by atoms with E-state index in [-0.39, 0.29) is 10.8 Å². The molecule has 0 saturated carbocycles. The maximum atomic E-state index is 13.2. The molecule has 0 saturated heterocycles. The summed E-state index contributed by atoms with van der Waals surface area (Å²) in [6.07, 6.45) is 3.95. The third-order valence-electron chi connectivity index (χ3n) is 6.09. The van der Waals surface area contributed by atoms with Gasteiger partial charge in [0.05, 0.1) is 29.4 Å². The van der Waals surface area contributed by atoms with Gasteiger partial charge in [-0.1, -0.05) is 18.2 Å². The van der Waals surface area contributed by atoms with Gasteiger partial charge in [-0.3, -0.25) is 4.79 Å². The Kier molecular flexibility index (Phi) is 5.38. The largest absolute Gasteiger partial charge is 0.328 e. The number of fused-ring (bicyclic) bond motifs is 1. The van der Waals surface area contributed by atoms with E-state index in [1.165, 1.54) is 26.2 Å². The van der Waals surface area contributed by atoms with Gasteiger partial charge in [0, 0.05) is 37.6 Å². The SMILES string of the molecule is Cc1ccccc1-n1nc2c(c1-n1cccc1)CN(C(=O)c1ccc(S(=O)(=O)N(C)C)cc1)C2. The molecule has 3 heterocycles. The zero-order valence-corrected chi connectivity index (χ0v) is 20.0. The van der Waals surface area contributed by atoms with Crippen LogP contribution >= 0.6 is 0 Å². The van der Waals surface area contributed by atoms with Crippen molar-refractivity contribution >= 4 is 15.9 Å². The number of benzene rings is 2. The van der Waals surface area contributed by atoms with E-state index < -0.39 is 10.0 Å². The minimum atomic E-state index is -3.55. The molecule has 8 nitrogen and oxygen atoms in total. The highest BCUT2D eigenvalue weighted by Crippen LogP contribution is 2.32. The second kappa shape index (κ2) is 8.27. The van der Waals surface area contributed by atoms with Crippen molar-refractivity contribution in [3.8, 4) is 11.5 Å². The summed E-state index contributed by atoms with van der Waals surface area (Å²) in [6, 6.07) is 18.1. The van der Waals surface area contributed by atoms with Crippen molar-refractivity contribution in [1.82, 2.24) is 23.6 Å². The molecule has 0 atom stereocenters. The summed E-state index contributed by atoms with van der Waals surface area (Å²) >= 11 is 0. The molecule has 0 spiro atoms. The molecule has 34 heavy (non-hydrogen) atoms. The summed E-state index contributed by atoms with van der Waals surface area (Å²) in [4.78, 5) is 15.1. The van der Waals surface area contributed by atoms with Crippen LogP contribution in [0.2, 0.25) is 0 Å². The van der Waals surface area contributed by atoms with Crippen LogP contribution in [0.15, 0.2) is 78.0 Å². The molecular formula is C25H25N5O3S. The number of aromatic nitrogens is 3. The van der Waals surface area contributed by atoms with Crippen molar-refractivity contribution < 1.29 is 13.2 Å². The van der Waals surface area contributed by atoms with E-state index in [2.05, 4.69) is 13.0 Å².